The Bertz CT molecular complexity index is 576. The van der Waals surface area contributed by atoms with Gasteiger partial charge in [-0.1, -0.05) is 19.4 Å². The zero-order chi connectivity index (χ0) is 13.3. The summed E-state index contributed by atoms with van der Waals surface area (Å²) < 4.78 is 37.8. The number of hydrogen-bond acceptors (Lipinski definition) is 2. The number of anilines is 1. The van der Waals surface area contributed by atoms with Gasteiger partial charge in [0.05, 0.1) is 11.1 Å². The van der Waals surface area contributed by atoms with Gasteiger partial charge in [-0.15, -0.1) is 0 Å². The summed E-state index contributed by atoms with van der Waals surface area (Å²) in [5.74, 6) is 0. The van der Waals surface area contributed by atoms with Crippen molar-refractivity contribution in [3.05, 3.63) is 35.5 Å². The van der Waals surface area contributed by atoms with E-state index in [1.165, 1.54) is 6.07 Å². The molecule has 1 aromatic carbocycles. The number of rotatable bonds is 2. The van der Waals surface area contributed by atoms with Gasteiger partial charge in [-0.05, 0) is 24.6 Å². The van der Waals surface area contributed by atoms with Crippen LogP contribution in [0.2, 0.25) is 0 Å². The first-order chi connectivity index (χ1) is 8.41. The molecule has 0 bridgehead atoms. The number of fused-ring (bicyclic) bond motifs is 1. The zero-order valence-electron chi connectivity index (χ0n) is 9.88. The molecule has 18 heavy (non-hydrogen) atoms. The molecule has 2 N–H and O–H groups in total. The minimum Gasteiger partial charge on any atom is -0.398 e. The van der Waals surface area contributed by atoms with Crippen molar-refractivity contribution in [1.29, 1.82) is 0 Å². The van der Waals surface area contributed by atoms with Gasteiger partial charge in [-0.3, -0.25) is 4.98 Å². The molecule has 0 atom stereocenters. The number of nitrogens with two attached hydrogens (primary N) is 1. The molecule has 0 amide bonds. The van der Waals surface area contributed by atoms with Crippen LogP contribution in [0.5, 0.6) is 0 Å². The van der Waals surface area contributed by atoms with Crippen molar-refractivity contribution in [3.63, 3.8) is 0 Å². The molecule has 0 radical (unpaired) electrons. The Balaban J connectivity index is 2.60. The Labute approximate surface area is 103 Å². The molecule has 1 aromatic heterocycles. The monoisotopic (exact) mass is 254 g/mol. The smallest absolute Gasteiger partial charge is 0.398 e. The summed E-state index contributed by atoms with van der Waals surface area (Å²) in [6, 6.07) is 5.17. The van der Waals surface area contributed by atoms with Crippen molar-refractivity contribution in [2.24, 2.45) is 0 Å². The minimum absolute atomic E-state index is 0.299. The number of alkyl halides is 3. The van der Waals surface area contributed by atoms with Crippen LogP contribution in [0.25, 0.3) is 10.9 Å². The average Bonchev–Trinajstić information content (AvgIpc) is 2.27. The van der Waals surface area contributed by atoms with E-state index in [2.05, 4.69) is 4.98 Å². The molecule has 0 aliphatic rings. The number of pyridine rings is 1. The molecule has 0 saturated carbocycles. The largest absolute Gasteiger partial charge is 0.416 e. The van der Waals surface area contributed by atoms with Crippen molar-refractivity contribution in [3.8, 4) is 0 Å². The SMILES string of the molecule is CCCc1cc(N)c2ccc(C(F)(F)F)cc2n1. The first-order valence-electron chi connectivity index (χ1n) is 5.68. The maximum Gasteiger partial charge on any atom is 0.416 e. The quantitative estimate of drug-likeness (QED) is 0.885. The van der Waals surface area contributed by atoms with Gasteiger partial charge < -0.3 is 5.73 Å². The van der Waals surface area contributed by atoms with Gasteiger partial charge in [0.15, 0.2) is 0 Å². The van der Waals surface area contributed by atoms with E-state index >= 15 is 0 Å². The van der Waals surface area contributed by atoms with E-state index in [1.54, 1.807) is 6.07 Å². The number of halogens is 3. The fourth-order valence-electron chi connectivity index (χ4n) is 1.87. The molecule has 5 heteroatoms. The standard InChI is InChI=1S/C13H13F3N2/c1-2-3-9-7-11(17)10-5-4-8(13(14,15)16)6-12(10)18-9/h4-7H,2-3H2,1H3,(H2,17,18). The second-order valence-electron chi connectivity index (χ2n) is 4.18. The van der Waals surface area contributed by atoms with Crippen LogP contribution in [0.3, 0.4) is 0 Å². The molecule has 0 spiro atoms. The van der Waals surface area contributed by atoms with Gasteiger partial charge in [-0.2, -0.15) is 13.2 Å². The molecular formula is C13H13F3N2. The summed E-state index contributed by atoms with van der Waals surface area (Å²) in [6.45, 7) is 1.98. The second-order valence-corrected chi connectivity index (χ2v) is 4.18. The van der Waals surface area contributed by atoms with E-state index in [0.717, 1.165) is 24.2 Å². The van der Waals surface area contributed by atoms with Gasteiger partial charge in [0.25, 0.3) is 0 Å². The van der Waals surface area contributed by atoms with E-state index in [0.29, 0.717) is 23.0 Å². The Morgan fingerprint density at radius 1 is 1.22 bits per heavy atom. The summed E-state index contributed by atoms with van der Waals surface area (Å²) in [6.07, 6.45) is -2.78. The molecule has 2 aromatic rings. The van der Waals surface area contributed by atoms with Crippen LogP contribution in [0.1, 0.15) is 24.6 Å². The van der Waals surface area contributed by atoms with Crippen LogP contribution in [-0.4, -0.2) is 4.98 Å². The highest BCUT2D eigenvalue weighted by molar-refractivity contribution is 5.90. The van der Waals surface area contributed by atoms with Gasteiger partial charge >= 0.3 is 6.18 Å². The highest BCUT2D eigenvalue weighted by Crippen LogP contribution is 2.32. The maximum atomic E-state index is 12.6. The molecule has 0 aliphatic carbocycles. The third-order valence-electron chi connectivity index (χ3n) is 2.73. The number of benzene rings is 1. The molecule has 1 heterocycles. The first kappa shape index (κ1) is 12.7. The summed E-state index contributed by atoms with van der Waals surface area (Å²) in [5, 5.41) is 0.558. The van der Waals surface area contributed by atoms with E-state index in [4.69, 9.17) is 5.73 Å². The molecule has 0 unspecified atom stereocenters. The van der Waals surface area contributed by atoms with Crippen LogP contribution in [0, 0.1) is 0 Å². The molecule has 0 aliphatic heterocycles. The van der Waals surface area contributed by atoms with Crippen LogP contribution < -0.4 is 5.73 Å². The van der Waals surface area contributed by atoms with E-state index in [-0.39, 0.29) is 0 Å². The number of hydrogen-bond donors (Lipinski definition) is 1. The van der Waals surface area contributed by atoms with Crippen LogP contribution >= 0.6 is 0 Å². The predicted molar refractivity (Wildman–Crippen MR) is 65.2 cm³/mol. The number of nitrogen functional groups attached to an aromatic ring is 1. The van der Waals surface area contributed by atoms with Crippen molar-refractivity contribution in [1.82, 2.24) is 4.98 Å². The lowest BCUT2D eigenvalue weighted by Crippen LogP contribution is -2.05. The van der Waals surface area contributed by atoms with Crippen molar-refractivity contribution < 1.29 is 13.2 Å². The molecule has 96 valence electrons. The van der Waals surface area contributed by atoms with E-state index in [1.807, 2.05) is 6.92 Å². The number of aryl methyl sites for hydroxylation is 1. The summed E-state index contributed by atoms with van der Waals surface area (Å²) in [5.41, 5.74) is 6.62. The number of nitrogens with zero attached hydrogens (tertiary/aromatic N) is 1. The molecule has 0 saturated heterocycles. The lowest BCUT2D eigenvalue weighted by atomic mass is 10.1. The van der Waals surface area contributed by atoms with Crippen molar-refractivity contribution in [2.75, 3.05) is 5.73 Å². The maximum absolute atomic E-state index is 12.6. The fourth-order valence-corrected chi connectivity index (χ4v) is 1.87. The lowest BCUT2D eigenvalue weighted by molar-refractivity contribution is -0.137. The predicted octanol–water partition coefficient (Wildman–Crippen LogP) is 3.79. The molecule has 2 nitrogen and oxygen atoms in total. The van der Waals surface area contributed by atoms with Gasteiger partial charge in [-0.25, -0.2) is 0 Å². The first-order valence-corrected chi connectivity index (χ1v) is 5.68. The Kier molecular flexibility index (Phi) is 3.15. The Hall–Kier alpha value is -1.78. The normalized spacial score (nSPS) is 12.0. The van der Waals surface area contributed by atoms with Gasteiger partial charge in [0.1, 0.15) is 0 Å². The molecule has 2 rings (SSSR count). The summed E-state index contributed by atoms with van der Waals surface area (Å²) in [7, 11) is 0. The van der Waals surface area contributed by atoms with Gasteiger partial charge in [0.2, 0.25) is 0 Å². The topological polar surface area (TPSA) is 38.9 Å². The highest BCUT2D eigenvalue weighted by Gasteiger charge is 2.30. The highest BCUT2D eigenvalue weighted by atomic mass is 19.4. The molecular weight excluding hydrogens is 241 g/mol. The number of aromatic nitrogens is 1. The average molecular weight is 254 g/mol. The third kappa shape index (κ3) is 2.39. The van der Waals surface area contributed by atoms with Crippen LogP contribution in [0.15, 0.2) is 24.3 Å². The lowest BCUT2D eigenvalue weighted by Gasteiger charge is -2.10. The van der Waals surface area contributed by atoms with E-state index in [9.17, 15) is 13.2 Å². The summed E-state index contributed by atoms with van der Waals surface area (Å²) >= 11 is 0. The molecule has 0 fully saturated rings. The van der Waals surface area contributed by atoms with Crippen LogP contribution in [0.4, 0.5) is 18.9 Å². The zero-order valence-corrected chi connectivity index (χ0v) is 9.88. The van der Waals surface area contributed by atoms with E-state index < -0.39 is 11.7 Å². The van der Waals surface area contributed by atoms with Crippen molar-refractivity contribution in [2.45, 2.75) is 25.9 Å². The van der Waals surface area contributed by atoms with Crippen molar-refractivity contribution >= 4 is 16.6 Å². The minimum atomic E-state index is -4.36. The fraction of sp³-hybridized carbons (Fsp3) is 0.308. The van der Waals surface area contributed by atoms with Crippen LogP contribution in [-0.2, 0) is 12.6 Å². The second kappa shape index (κ2) is 4.48. The third-order valence-corrected chi connectivity index (χ3v) is 2.73. The Morgan fingerprint density at radius 2 is 1.94 bits per heavy atom. The van der Waals surface area contributed by atoms with Gasteiger partial charge in [0, 0.05) is 16.8 Å². The summed E-state index contributed by atoms with van der Waals surface area (Å²) in [4.78, 5) is 4.22. The Morgan fingerprint density at radius 3 is 2.56 bits per heavy atom.